The Balaban J connectivity index is 2.46. The van der Waals surface area contributed by atoms with Crippen molar-refractivity contribution in [2.75, 3.05) is 0 Å². The number of Topliss-reactive ketones (excluding diaryl/α,β-unsaturated/α-hetero) is 1. The number of carboxylic acid groups (broad SMARTS) is 1. The number of aliphatic carboxylic acids is 1. The number of hydrogen-bond donors (Lipinski definition) is 1. The predicted molar refractivity (Wildman–Crippen MR) is 63.8 cm³/mol. The minimum absolute atomic E-state index is 0.340. The van der Waals surface area contributed by atoms with Gasteiger partial charge in [-0.1, -0.05) is 42.5 Å². The average Bonchev–Trinajstić information content (AvgIpc) is 2.72. The van der Waals surface area contributed by atoms with Crippen molar-refractivity contribution in [2.45, 2.75) is 19.3 Å². The van der Waals surface area contributed by atoms with E-state index in [4.69, 9.17) is 0 Å². The molecule has 2 rings (SSSR count). The molecule has 1 saturated carbocycles. The summed E-state index contributed by atoms with van der Waals surface area (Å²) in [7, 11) is 0. The van der Waals surface area contributed by atoms with Gasteiger partial charge < -0.3 is 5.11 Å². The quantitative estimate of drug-likeness (QED) is 0.493. The van der Waals surface area contributed by atoms with Crippen LogP contribution in [0.1, 0.15) is 29.6 Å². The molecule has 1 aliphatic carbocycles. The summed E-state index contributed by atoms with van der Waals surface area (Å²) in [6.07, 6.45) is 1.68. The zero-order valence-electron chi connectivity index (χ0n) is 9.48. The molecule has 88 valence electrons. The fourth-order valence-electron chi connectivity index (χ4n) is 2.42. The van der Waals surface area contributed by atoms with Gasteiger partial charge in [0.15, 0.2) is 11.2 Å². The highest BCUT2D eigenvalue weighted by Crippen LogP contribution is 2.44. The molecule has 0 heterocycles. The Morgan fingerprint density at radius 3 is 2.35 bits per heavy atom. The molecule has 0 bridgehead atoms. The van der Waals surface area contributed by atoms with Crippen LogP contribution in [0.4, 0.5) is 0 Å². The van der Waals surface area contributed by atoms with E-state index >= 15 is 0 Å². The lowest BCUT2D eigenvalue weighted by atomic mass is 9.76. The molecule has 1 fully saturated rings. The van der Waals surface area contributed by atoms with E-state index in [1.165, 1.54) is 0 Å². The van der Waals surface area contributed by atoms with E-state index in [0.717, 1.165) is 0 Å². The summed E-state index contributed by atoms with van der Waals surface area (Å²) in [5, 5.41) is 9.38. The molecular formula is C14H14O3. The molecule has 17 heavy (non-hydrogen) atoms. The number of carbonyl (C=O) groups is 2. The van der Waals surface area contributed by atoms with Gasteiger partial charge in [0.2, 0.25) is 0 Å². The van der Waals surface area contributed by atoms with Gasteiger partial charge in [-0.15, -0.1) is 0 Å². The Labute approximate surface area is 99.8 Å². The molecule has 1 atom stereocenters. The average molecular weight is 230 g/mol. The molecule has 1 aromatic rings. The van der Waals surface area contributed by atoms with Crippen molar-refractivity contribution in [3.05, 3.63) is 48.0 Å². The third kappa shape index (κ3) is 1.68. The smallest absolute Gasteiger partial charge is 0.321 e. The largest absolute Gasteiger partial charge is 0.480 e. The first-order chi connectivity index (χ1) is 8.09. The summed E-state index contributed by atoms with van der Waals surface area (Å²) < 4.78 is 0. The van der Waals surface area contributed by atoms with Crippen molar-refractivity contribution in [3.63, 3.8) is 0 Å². The summed E-state index contributed by atoms with van der Waals surface area (Å²) in [6.45, 7) is 3.77. The highest BCUT2D eigenvalue weighted by atomic mass is 16.4. The lowest BCUT2D eigenvalue weighted by molar-refractivity contribution is -0.143. The predicted octanol–water partition coefficient (Wildman–Crippen LogP) is 2.68. The molecule has 1 aliphatic rings. The maximum absolute atomic E-state index is 12.4. The third-order valence-electron chi connectivity index (χ3n) is 3.42. The van der Waals surface area contributed by atoms with Gasteiger partial charge in [0, 0.05) is 5.56 Å². The van der Waals surface area contributed by atoms with E-state index in [0.29, 0.717) is 30.4 Å². The van der Waals surface area contributed by atoms with Gasteiger partial charge in [0.1, 0.15) is 0 Å². The Kier molecular flexibility index (Phi) is 2.84. The number of carboxylic acids is 1. The van der Waals surface area contributed by atoms with Crippen LogP contribution in [0.15, 0.2) is 42.5 Å². The molecule has 0 saturated heterocycles. The van der Waals surface area contributed by atoms with Crippen LogP contribution in [0.3, 0.4) is 0 Å². The van der Waals surface area contributed by atoms with Gasteiger partial charge in [0.25, 0.3) is 0 Å². The van der Waals surface area contributed by atoms with E-state index in [-0.39, 0.29) is 5.78 Å². The monoisotopic (exact) mass is 230 g/mol. The third-order valence-corrected chi connectivity index (χ3v) is 3.42. The minimum Gasteiger partial charge on any atom is -0.480 e. The van der Waals surface area contributed by atoms with Gasteiger partial charge in [-0.05, 0) is 19.3 Å². The van der Waals surface area contributed by atoms with Crippen LogP contribution in [-0.4, -0.2) is 16.9 Å². The highest BCUT2D eigenvalue weighted by molar-refractivity contribution is 6.14. The van der Waals surface area contributed by atoms with Crippen molar-refractivity contribution < 1.29 is 14.7 Å². The topological polar surface area (TPSA) is 54.4 Å². The van der Waals surface area contributed by atoms with Crippen molar-refractivity contribution >= 4 is 11.8 Å². The second-order valence-corrected chi connectivity index (χ2v) is 4.36. The summed E-state index contributed by atoms with van der Waals surface area (Å²) in [5.41, 5.74) is -0.432. The van der Waals surface area contributed by atoms with Gasteiger partial charge in [-0.2, -0.15) is 0 Å². The Morgan fingerprint density at radius 2 is 1.88 bits per heavy atom. The molecule has 1 aromatic carbocycles. The molecule has 1 unspecified atom stereocenters. The van der Waals surface area contributed by atoms with Crippen LogP contribution in [-0.2, 0) is 4.79 Å². The first-order valence-electron chi connectivity index (χ1n) is 5.60. The highest BCUT2D eigenvalue weighted by Gasteiger charge is 2.50. The van der Waals surface area contributed by atoms with E-state index in [9.17, 15) is 14.7 Å². The van der Waals surface area contributed by atoms with Crippen LogP contribution >= 0.6 is 0 Å². The normalized spacial score (nSPS) is 23.6. The SMILES string of the molecule is C=C1CCCC1(C(=O)O)C(=O)c1ccccc1. The molecule has 0 aliphatic heterocycles. The van der Waals surface area contributed by atoms with Crippen LogP contribution in [0, 0.1) is 5.41 Å². The van der Waals surface area contributed by atoms with Crippen molar-refractivity contribution in [1.82, 2.24) is 0 Å². The van der Waals surface area contributed by atoms with E-state index in [2.05, 4.69) is 6.58 Å². The first kappa shape index (κ1) is 11.6. The Hall–Kier alpha value is -1.90. The summed E-state index contributed by atoms with van der Waals surface area (Å²) in [4.78, 5) is 23.8. The number of benzene rings is 1. The first-order valence-corrected chi connectivity index (χ1v) is 5.60. The minimum atomic E-state index is -1.40. The maximum atomic E-state index is 12.4. The van der Waals surface area contributed by atoms with Crippen molar-refractivity contribution in [2.24, 2.45) is 5.41 Å². The fraction of sp³-hybridized carbons (Fsp3) is 0.286. The lowest BCUT2D eigenvalue weighted by Crippen LogP contribution is -2.38. The Morgan fingerprint density at radius 1 is 1.24 bits per heavy atom. The summed E-state index contributed by atoms with van der Waals surface area (Å²) in [6, 6.07) is 8.58. The number of carbonyl (C=O) groups excluding carboxylic acids is 1. The van der Waals surface area contributed by atoms with Crippen LogP contribution in [0.5, 0.6) is 0 Å². The molecule has 0 amide bonds. The molecule has 3 nitrogen and oxygen atoms in total. The van der Waals surface area contributed by atoms with E-state index in [1.54, 1.807) is 30.3 Å². The number of rotatable bonds is 3. The summed E-state index contributed by atoms with van der Waals surface area (Å²) >= 11 is 0. The van der Waals surface area contributed by atoms with Crippen LogP contribution in [0.25, 0.3) is 0 Å². The lowest BCUT2D eigenvalue weighted by Gasteiger charge is -2.23. The van der Waals surface area contributed by atoms with Gasteiger partial charge in [-0.25, -0.2) is 0 Å². The van der Waals surface area contributed by atoms with Crippen LogP contribution < -0.4 is 0 Å². The van der Waals surface area contributed by atoms with Gasteiger partial charge in [0.05, 0.1) is 0 Å². The zero-order chi connectivity index (χ0) is 12.5. The van der Waals surface area contributed by atoms with Gasteiger partial charge in [-0.3, -0.25) is 9.59 Å². The van der Waals surface area contributed by atoms with E-state index < -0.39 is 11.4 Å². The molecular weight excluding hydrogens is 216 g/mol. The van der Waals surface area contributed by atoms with Crippen molar-refractivity contribution in [1.29, 1.82) is 0 Å². The zero-order valence-corrected chi connectivity index (χ0v) is 9.48. The molecule has 3 heteroatoms. The second-order valence-electron chi connectivity index (χ2n) is 4.36. The van der Waals surface area contributed by atoms with Crippen LogP contribution in [0.2, 0.25) is 0 Å². The standard InChI is InChI=1S/C14H14O3/c1-10-6-5-9-14(10,13(16)17)12(15)11-7-3-2-4-8-11/h2-4,7-8H,1,5-6,9H2,(H,16,17). The number of hydrogen-bond acceptors (Lipinski definition) is 2. The molecule has 0 radical (unpaired) electrons. The number of ketones is 1. The van der Waals surface area contributed by atoms with Crippen molar-refractivity contribution in [3.8, 4) is 0 Å². The van der Waals surface area contributed by atoms with E-state index in [1.807, 2.05) is 0 Å². The van der Waals surface area contributed by atoms with Gasteiger partial charge >= 0.3 is 5.97 Å². The molecule has 0 spiro atoms. The molecule has 1 N–H and O–H groups in total. The summed E-state index contributed by atoms with van der Waals surface area (Å²) in [5.74, 6) is -1.41. The fourth-order valence-corrected chi connectivity index (χ4v) is 2.42. The Bertz CT molecular complexity index is 476. The molecule has 0 aromatic heterocycles. The second kappa shape index (κ2) is 4.17. The maximum Gasteiger partial charge on any atom is 0.321 e.